The second-order valence-electron chi connectivity index (χ2n) is 15.0. The minimum Gasteiger partial charge on any atom is -0.466 e. The molecule has 0 aliphatic heterocycles. The van der Waals surface area contributed by atoms with Crippen molar-refractivity contribution in [2.75, 3.05) is 34.0 Å². The van der Waals surface area contributed by atoms with E-state index in [1.165, 1.54) is 116 Å². The van der Waals surface area contributed by atoms with Crippen LogP contribution in [-0.4, -0.2) is 76.1 Å². The molecule has 0 saturated heterocycles. The van der Waals surface area contributed by atoms with Gasteiger partial charge in [-0.25, -0.2) is 14.4 Å². The second kappa shape index (κ2) is 41.0. The van der Waals surface area contributed by atoms with E-state index < -0.39 is 42.1 Å². The Morgan fingerprint density at radius 2 is 0.895 bits per heavy atom. The van der Waals surface area contributed by atoms with Gasteiger partial charge in [0.1, 0.15) is 12.1 Å². The van der Waals surface area contributed by atoms with Crippen molar-refractivity contribution in [2.24, 2.45) is 0 Å². The van der Waals surface area contributed by atoms with E-state index in [1.807, 2.05) is 0 Å². The fourth-order valence-electron chi connectivity index (χ4n) is 6.48. The van der Waals surface area contributed by atoms with Gasteiger partial charge in [-0.05, 0) is 38.5 Å². The number of nitrogens with one attached hydrogen (secondary N) is 3. The molecule has 2 unspecified atom stereocenters. The number of rotatable bonds is 40. The lowest BCUT2D eigenvalue weighted by molar-refractivity contribution is -0.213. The Bertz CT molecular complexity index is 1000. The maximum atomic E-state index is 13.4. The van der Waals surface area contributed by atoms with Crippen molar-refractivity contribution in [1.82, 2.24) is 16.0 Å². The molecule has 2 atom stereocenters. The number of amides is 3. The average molecular weight is 816 g/mol. The third kappa shape index (κ3) is 35.7. The van der Waals surface area contributed by atoms with Gasteiger partial charge in [-0.1, -0.05) is 155 Å². The number of unbranched alkanes of at least 4 members (excludes halogenated alkanes) is 23. The Labute approximate surface area is 344 Å². The molecule has 0 fully saturated rings. The van der Waals surface area contributed by atoms with E-state index in [0.717, 1.165) is 45.6 Å². The molecular weight excluding hydrogens is 734 g/mol. The number of carbonyl (C=O) groups excluding carboxylic acids is 5. The van der Waals surface area contributed by atoms with Crippen LogP contribution in [-0.2, 0) is 43.4 Å². The van der Waals surface area contributed by atoms with Gasteiger partial charge in [-0.2, -0.15) is 9.78 Å². The molecule has 0 spiro atoms. The first kappa shape index (κ1) is 53.9. The Kier molecular flexibility index (Phi) is 38.8. The molecule has 0 radical (unpaired) electrons. The van der Waals surface area contributed by atoms with Gasteiger partial charge in [0.15, 0.2) is 0 Å². The van der Waals surface area contributed by atoms with Crippen molar-refractivity contribution in [1.29, 1.82) is 0 Å². The summed E-state index contributed by atoms with van der Waals surface area (Å²) in [6, 6.07) is -2.25. The van der Waals surface area contributed by atoms with Crippen LogP contribution in [0.4, 0.5) is 9.59 Å². The van der Waals surface area contributed by atoms with Gasteiger partial charge in [0.05, 0.1) is 27.4 Å². The van der Waals surface area contributed by atoms with E-state index in [2.05, 4.69) is 49.3 Å². The summed E-state index contributed by atoms with van der Waals surface area (Å²) in [5.74, 6) is -1.77. The minimum absolute atomic E-state index is 0.0267. The van der Waals surface area contributed by atoms with Crippen LogP contribution >= 0.6 is 0 Å². The van der Waals surface area contributed by atoms with E-state index in [4.69, 9.17) is 9.47 Å². The number of carbonyl (C=O) groups is 5. The highest BCUT2D eigenvalue weighted by Crippen LogP contribution is 2.14. The van der Waals surface area contributed by atoms with Crippen LogP contribution in [0.25, 0.3) is 0 Å². The highest BCUT2D eigenvalue weighted by molar-refractivity contribution is 5.89. The summed E-state index contributed by atoms with van der Waals surface area (Å²) in [6.07, 6.45) is 27.8. The summed E-state index contributed by atoms with van der Waals surface area (Å²) in [7, 11) is 2.36. The molecule has 0 aromatic heterocycles. The third-order valence-corrected chi connectivity index (χ3v) is 9.86. The largest absolute Gasteiger partial charge is 0.466 e. The molecule has 0 bridgehead atoms. The first-order valence-corrected chi connectivity index (χ1v) is 22.4. The van der Waals surface area contributed by atoms with Crippen LogP contribution in [0, 0.1) is 0 Å². The van der Waals surface area contributed by atoms with Crippen molar-refractivity contribution in [3.05, 3.63) is 0 Å². The molecule has 0 aromatic carbocycles. The molecule has 0 aromatic rings. The summed E-state index contributed by atoms with van der Waals surface area (Å²) >= 11 is 0. The van der Waals surface area contributed by atoms with Gasteiger partial charge in [-0.3, -0.25) is 19.4 Å². The van der Waals surface area contributed by atoms with Crippen LogP contribution in [0.2, 0.25) is 0 Å². The Balaban J connectivity index is 4.94. The monoisotopic (exact) mass is 816 g/mol. The second-order valence-corrected chi connectivity index (χ2v) is 15.0. The van der Waals surface area contributed by atoms with Crippen molar-refractivity contribution < 1.29 is 53.0 Å². The molecule has 14 nitrogen and oxygen atoms in total. The normalized spacial score (nSPS) is 12.0. The van der Waals surface area contributed by atoms with E-state index in [0.29, 0.717) is 25.9 Å². The number of ether oxygens (including phenoxy) is 2. The van der Waals surface area contributed by atoms with E-state index >= 15 is 0 Å². The van der Waals surface area contributed by atoms with Crippen molar-refractivity contribution in [3.63, 3.8) is 0 Å². The average Bonchev–Trinajstić information content (AvgIpc) is 3.19. The molecule has 3 amide bonds. The van der Waals surface area contributed by atoms with Gasteiger partial charge in [-0.15, -0.1) is 0 Å². The first-order valence-electron chi connectivity index (χ1n) is 22.4. The van der Waals surface area contributed by atoms with Gasteiger partial charge in [0, 0.05) is 13.0 Å². The SMILES string of the molecule is CCCCCCCCCCCCCCOC(=O)CCC(NC(=O)C(CCCCNC(=O)OOC)NC(=O)OOC)C(=O)OCCCCCCCCCCCCCC. The lowest BCUT2D eigenvalue weighted by Gasteiger charge is -2.22. The smallest absolute Gasteiger partial charge is 0.439 e. The van der Waals surface area contributed by atoms with E-state index in [-0.39, 0.29) is 32.4 Å². The Hall–Kier alpha value is -3.13. The summed E-state index contributed by atoms with van der Waals surface area (Å²) in [4.78, 5) is 80.6. The Morgan fingerprint density at radius 3 is 1.37 bits per heavy atom. The van der Waals surface area contributed by atoms with E-state index in [1.54, 1.807) is 0 Å². The lowest BCUT2D eigenvalue weighted by atomic mass is 10.1. The van der Waals surface area contributed by atoms with Crippen LogP contribution in [0.15, 0.2) is 0 Å². The van der Waals surface area contributed by atoms with Gasteiger partial charge < -0.3 is 25.4 Å². The van der Waals surface area contributed by atoms with Crippen LogP contribution in [0.3, 0.4) is 0 Å². The Morgan fingerprint density at radius 1 is 0.456 bits per heavy atom. The fraction of sp³-hybridized carbons (Fsp3) is 0.884. The van der Waals surface area contributed by atoms with Gasteiger partial charge in [0.2, 0.25) is 5.91 Å². The van der Waals surface area contributed by atoms with Crippen LogP contribution in [0.1, 0.15) is 200 Å². The molecule has 0 saturated carbocycles. The predicted octanol–water partition coefficient (Wildman–Crippen LogP) is 9.85. The van der Waals surface area contributed by atoms with Crippen LogP contribution < -0.4 is 16.0 Å². The lowest BCUT2D eigenvalue weighted by Crippen LogP contribution is -2.52. The van der Waals surface area contributed by atoms with Crippen LogP contribution in [0.5, 0.6) is 0 Å². The molecule has 334 valence electrons. The third-order valence-electron chi connectivity index (χ3n) is 9.86. The summed E-state index contributed by atoms with van der Waals surface area (Å²) < 4.78 is 11.0. The highest BCUT2D eigenvalue weighted by Gasteiger charge is 2.29. The molecule has 0 aliphatic carbocycles. The number of hydrogen-bond acceptors (Lipinski definition) is 11. The minimum atomic E-state index is -1.14. The molecule has 0 aliphatic rings. The maximum Gasteiger partial charge on any atom is 0.439 e. The summed E-state index contributed by atoms with van der Waals surface area (Å²) in [5, 5.41) is 7.60. The van der Waals surface area contributed by atoms with Crippen molar-refractivity contribution >= 4 is 30.0 Å². The predicted molar refractivity (Wildman–Crippen MR) is 221 cm³/mol. The molecule has 0 rings (SSSR count). The highest BCUT2D eigenvalue weighted by atomic mass is 17.2. The number of hydrogen-bond donors (Lipinski definition) is 3. The molecule has 57 heavy (non-hydrogen) atoms. The zero-order valence-electron chi connectivity index (χ0n) is 36.3. The molecular formula is C43H81N3O11. The fourth-order valence-corrected chi connectivity index (χ4v) is 6.48. The molecule has 3 N–H and O–H groups in total. The zero-order valence-corrected chi connectivity index (χ0v) is 36.3. The van der Waals surface area contributed by atoms with E-state index in [9.17, 15) is 24.0 Å². The van der Waals surface area contributed by atoms with Gasteiger partial charge >= 0.3 is 24.1 Å². The number of esters is 2. The van der Waals surface area contributed by atoms with Crippen molar-refractivity contribution in [2.45, 2.75) is 212 Å². The molecule has 14 heteroatoms. The first-order chi connectivity index (χ1) is 27.8. The summed E-state index contributed by atoms with van der Waals surface area (Å²) in [5.41, 5.74) is 0. The molecule has 0 heterocycles. The quantitative estimate of drug-likeness (QED) is 0.0232. The summed E-state index contributed by atoms with van der Waals surface area (Å²) in [6.45, 7) is 5.21. The van der Waals surface area contributed by atoms with Crippen molar-refractivity contribution in [3.8, 4) is 0 Å². The van der Waals surface area contributed by atoms with Gasteiger partial charge in [0.25, 0.3) is 0 Å². The zero-order chi connectivity index (χ0) is 42.0. The maximum absolute atomic E-state index is 13.4. The standard InChI is InChI=1S/C43H81N3O11/c1-5-7-9-11-13-15-17-19-21-23-25-29-35-54-39(47)33-32-38(41(49)55-36-30-26-24-22-20-18-16-14-12-10-8-6-2)45-40(48)37(46-43(51)57-53-4)31-27-28-34-44-42(50)56-52-3/h37-38H,5-36H2,1-4H3,(H,44,50)(H,45,48)(H,46,51). The topological polar surface area (TPSA) is 177 Å².